The monoisotopic (exact) mass is 330 g/mol. The van der Waals surface area contributed by atoms with Gasteiger partial charge in [0.15, 0.2) is 0 Å². The van der Waals surface area contributed by atoms with Gasteiger partial charge in [-0.05, 0) is 36.2 Å². The van der Waals surface area contributed by atoms with Gasteiger partial charge in [0.2, 0.25) is 0 Å². The SMILES string of the molecule is Cc1cccc2c(O)c(-c3ccc(Br)cc3)c(=O)oc12. The fourth-order valence-corrected chi connectivity index (χ4v) is 2.48. The second-order valence-corrected chi connectivity index (χ2v) is 5.49. The minimum absolute atomic E-state index is 0.0396. The van der Waals surface area contributed by atoms with Crippen LogP contribution in [-0.4, -0.2) is 5.11 Å². The second-order valence-electron chi connectivity index (χ2n) is 4.57. The molecule has 1 heterocycles. The Kier molecular flexibility index (Phi) is 3.10. The highest BCUT2D eigenvalue weighted by Gasteiger charge is 2.16. The zero-order chi connectivity index (χ0) is 14.3. The number of benzene rings is 2. The minimum Gasteiger partial charge on any atom is -0.506 e. The summed E-state index contributed by atoms with van der Waals surface area (Å²) in [7, 11) is 0. The van der Waals surface area contributed by atoms with Crippen molar-refractivity contribution >= 4 is 26.9 Å². The van der Waals surface area contributed by atoms with E-state index in [-0.39, 0.29) is 11.3 Å². The number of hydrogen-bond acceptors (Lipinski definition) is 3. The lowest BCUT2D eigenvalue weighted by atomic mass is 10.0. The van der Waals surface area contributed by atoms with Crippen molar-refractivity contribution in [3.05, 3.63) is 62.9 Å². The number of halogens is 1. The maximum Gasteiger partial charge on any atom is 0.347 e. The third-order valence-electron chi connectivity index (χ3n) is 3.24. The van der Waals surface area contributed by atoms with Crippen LogP contribution in [0.15, 0.2) is 56.1 Å². The molecule has 0 fully saturated rings. The summed E-state index contributed by atoms with van der Waals surface area (Å²) in [6.45, 7) is 1.84. The van der Waals surface area contributed by atoms with Crippen molar-refractivity contribution in [3.8, 4) is 16.9 Å². The predicted octanol–water partition coefficient (Wildman–Crippen LogP) is 4.24. The normalized spacial score (nSPS) is 10.9. The Bertz CT molecular complexity index is 848. The smallest absolute Gasteiger partial charge is 0.347 e. The summed E-state index contributed by atoms with van der Waals surface area (Å²) in [5.74, 6) is -0.0396. The van der Waals surface area contributed by atoms with Crippen molar-refractivity contribution in [1.29, 1.82) is 0 Å². The number of hydrogen-bond donors (Lipinski definition) is 1. The van der Waals surface area contributed by atoms with E-state index < -0.39 is 5.63 Å². The molecule has 0 saturated carbocycles. The lowest BCUT2D eigenvalue weighted by Crippen LogP contribution is -2.04. The summed E-state index contributed by atoms with van der Waals surface area (Å²) >= 11 is 3.34. The molecule has 0 aliphatic heterocycles. The highest BCUT2D eigenvalue weighted by Crippen LogP contribution is 2.34. The maximum absolute atomic E-state index is 12.2. The van der Waals surface area contributed by atoms with E-state index in [9.17, 15) is 9.90 Å². The van der Waals surface area contributed by atoms with E-state index in [1.54, 1.807) is 18.2 Å². The van der Waals surface area contributed by atoms with E-state index in [0.29, 0.717) is 16.5 Å². The van der Waals surface area contributed by atoms with Gasteiger partial charge in [-0.2, -0.15) is 0 Å². The molecule has 100 valence electrons. The molecule has 0 spiro atoms. The van der Waals surface area contributed by atoms with Crippen LogP contribution in [-0.2, 0) is 0 Å². The molecule has 0 amide bonds. The Morgan fingerprint density at radius 2 is 1.80 bits per heavy atom. The van der Waals surface area contributed by atoms with Crippen LogP contribution in [0.4, 0.5) is 0 Å². The quantitative estimate of drug-likeness (QED) is 0.679. The molecule has 3 nitrogen and oxygen atoms in total. The molecule has 20 heavy (non-hydrogen) atoms. The summed E-state index contributed by atoms with van der Waals surface area (Å²) < 4.78 is 6.27. The highest BCUT2D eigenvalue weighted by atomic mass is 79.9. The molecular weight excluding hydrogens is 320 g/mol. The van der Waals surface area contributed by atoms with Crippen LogP contribution in [0.1, 0.15) is 5.56 Å². The Balaban J connectivity index is 2.37. The molecule has 3 aromatic rings. The maximum atomic E-state index is 12.2. The topological polar surface area (TPSA) is 50.4 Å². The average Bonchev–Trinajstić information content (AvgIpc) is 2.42. The van der Waals surface area contributed by atoms with Gasteiger partial charge in [0.25, 0.3) is 0 Å². The van der Waals surface area contributed by atoms with Crippen molar-refractivity contribution in [3.63, 3.8) is 0 Å². The van der Waals surface area contributed by atoms with Crippen LogP contribution >= 0.6 is 15.9 Å². The molecule has 0 saturated heterocycles. The molecule has 0 bridgehead atoms. The standard InChI is InChI=1S/C16H11BrO3/c1-9-3-2-4-12-14(18)13(16(19)20-15(9)12)10-5-7-11(17)8-6-10/h2-8,18H,1H3. The highest BCUT2D eigenvalue weighted by molar-refractivity contribution is 9.10. The van der Waals surface area contributed by atoms with E-state index in [1.165, 1.54) is 0 Å². The lowest BCUT2D eigenvalue weighted by molar-refractivity contribution is 0.471. The molecule has 2 aromatic carbocycles. The van der Waals surface area contributed by atoms with Gasteiger partial charge in [-0.15, -0.1) is 0 Å². The van der Waals surface area contributed by atoms with Crippen LogP contribution in [0.2, 0.25) is 0 Å². The second kappa shape index (κ2) is 4.80. The van der Waals surface area contributed by atoms with Crippen LogP contribution in [0.5, 0.6) is 5.75 Å². The first-order valence-corrected chi connectivity index (χ1v) is 6.88. The van der Waals surface area contributed by atoms with Gasteiger partial charge >= 0.3 is 5.63 Å². The first-order chi connectivity index (χ1) is 9.58. The molecule has 0 aliphatic rings. The van der Waals surface area contributed by atoms with E-state index in [0.717, 1.165) is 10.0 Å². The lowest BCUT2D eigenvalue weighted by Gasteiger charge is -2.08. The van der Waals surface area contributed by atoms with Crippen molar-refractivity contribution in [2.75, 3.05) is 0 Å². The van der Waals surface area contributed by atoms with E-state index >= 15 is 0 Å². The van der Waals surface area contributed by atoms with Gasteiger partial charge in [-0.1, -0.05) is 40.2 Å². The number of aromatic hydroxyl groups is 1. The Labute approximate surface area is 123 Å². The Hall–Kier alpha value is -2.07. The van der Waals surface area contributed by atoms with E-state index in [4.69, 9.17) is 4.42 Å². The molecule has 4 heteroatoms. The first-order valence-electron chi connectivity index (χ1n) is 6.09. The van der Waals surface area contributed by atoms with E-state index in [1.807, 2.05) is 31.2 Å². The zero-order valence-corrected chi connectivity index (χ0v) is 12.3. The molecular formula is C16H11BrO3. The summed E-state index contributed by atoms with van der Waals surface area (Å²) in [5.41, 5.74) is 1.53. The molecule has 0 aliphatic carbocycles. The number of aryl methyl sites for hydroxylation is 1. The van der Waals surface area contributed by atoms with Gasteiger partial charge in [-0.3, -0.25) is 0 Å². The van der Waals surface area contributed by atoms with Crippen molar-refractivity contribution in [2.45, 2.75) is 6.92 Å². The molecule has 0 radical (unpaired) electrons. The fourth-order valence-electron chi connectivity index (χ4n) is 2.22. The summed E-state index contributed by atoms with van der Waals surface area (Å²) in [4.78, 5) is 12.2. The van der Waals surface area contributed by atoms with Crippen molar-refractivity contribution < 1.29 is 9.52 Å². The van der Waals surface area contributed by atoms with Crippen molar-refractivity contribution in [2.24, 2.45) is 0 Å². The third-order valence-corrected chi connectivity index (χ3v) is 3.76. The number of fused-ring (bicyclic) bond motifs is 1. The van der Waals surface area contributed by atoms with Crippen LogP contribution in [0, 0.1) is 6.92 Å². The zero-order valence-electron chi connectivity index (χ0n) is 10.7. The first kappa shape index (κ1) is 12.9. The Morgan fingerprint density at radius 3 is 2.50 bits per heavy atom. The van der Waals surface area contributed by atoms with Gasteiger partial charge < -0.3 is 9.52 Å². The molecule has 1 N–H and O–H groups in total. The summed E-state index contributed by atoms with van der Waals surface area (Å²) in [5, 5.41) is 10.9. The van der Waals surface area contributed by atoms with Gasteiger partial charge in [0, 0.05) is 4.47 Å². The molecule has 1 aromatic heterocycles. The van der Waals surface area contributed by atoms with Gasteiger partial charge in [0.05, 0.1) is 5.39 Å². The third kappa shape index (κ3) is 2.02. The van der Waals surface area contributed by atoms with Crippen LogP contribution < -0.4 is 5.63 Å². The van der Waals surface area contributed by atoms with Gasteiger partial charge in [-0.25, -0.2) is 4.79 Å². The number of rotatable bonds is 1. The fraction of sp³-hybridized carbons (Fsp3) is 0.0625. The average molecular weight is 331 g/mol. The summed E-state index contributed by atoms with van der Waals surface area (Å²) in [6, 6.07) is 12.6. The predicted molar refractivity (Wildman–Crippen MR) is 82.0 cm³/mol. The van der Waals surface area contributed by atoms with Crippen molar-refractivity contribution in [1.82, 2.24) is 0 Å². The van der Waals surface area contributed by atoms with Gasteiger partial charge in [0.1, 0.15) is 16.9 Å². The number of para-hydroxylation sites is 1. The molecule has 3 rings (SSSR count). The largest absolute Gasteiger partial charge is 0.506 e. The Morgan fingerprint density at radius 1 is 1.10 bits per heavy atom. The van der Waals surface area contributed by atoms with Crippen LogP contribution in [0.25, 0.3) is 22.1 Å². The minimum atomic E-state index is -0.536. The van der Waals surface area contributed by atoms with E-state index in [2.05, 4.69) is 15.9 Å². The van der Waals surface area contributed by atoms with Crippen LogP contribution in [0.3, 0.4) is 0 Å². The molecule has 0 atom stereocenters. The molecule has 0 unspecified atom stereocenters. The summed E-state index contributed by atoms with van der Waals surface area (Å²) in [6.07, 6.45) is 0.